The molecule has 0 aliphatic carbocycles. The van der Waals surface area contributed by atoms with Gasteiger partial charge in [0.15, 0.2) is 0 Å². The summed E-state index contributed by atoms with van der Waals surface area (Å²) >= 11 is 0. The average Bonchev–Trinajstić information content (AvgIpc) is 2.17. The number of rotatable bonds is 2. The molecule has 2 nitrogen and oxygen atoms in total. The maximum absolute atomic E-state index is 13.0. The Labute approximate surface area is 82.8 Å². The van der Waals surface area contributed by atoms with E-state index in [1.54, 1.807) is 0 Å². The maximum atomic E-state index is 13.0. The van der Waals surface area contributed by atoms with Crippen LogP contribution in [0.2, 0.25) is 0 Å². The summed E-state index contributed by atoms with van der Waals surface area (Å²) in [6.45, 7) is 1.37. The van der Waals surface area contributed by atoms with E-state index in [4.69, 9.17) is 5.73 Å². The molecule has 3 heteroatoms. The van der Waals surface area contributed by atoms with Crippen molar-refractivity contribution in [2.24, 2.45) is 5.73 Å². The minimum absolute atomic E-state index is 0.0258. The molecular weight excluding hydrogens is 179 g/mol. The highest BCUT2D eigenvalue weighted by atomic mass is 19.1. The van der Waals surface area contributed by atoms with E-state index in [2.05, 4.69) is 4.90 Å². The Morgan fingerprint density at radius 1 is 1.29 bits per heavy atom. The van der Waals surface area contributed by atoms with Gasteiger partial charge in [0.2, 0.25) is 0 Å². The molecule has 0 radical (unpaired) electrons. The normalized spacial score (nSPS) is 15.3. The second-order valence-corrected chi connectivity index (χ2v) is 3.40. The van der Waals surface area contributed by atoms with Crippen LogP contribution in [0.25, 0.3) is 0 Å². The molecule has 0 aromatic heterocycles. The van der Waals surface area contributed by atoms with E-state index in [0.29, 0.717) is 13.1 Å². The lowest BCUT2D eigenvalue weighted by atomic mass is 10.1. The minimum atomic E-state index is -0.155. The lowest BCUT2D eigenvalue weighted by Gasteiger charge is -2.36. The molecule has 1 heterocycles. The molecule has 2 rings (SSSR count). The smallest absolute Gasteiger partial charge is 0.116 e. The SMILES string of the molecule is NCC(F)=C1CN(c2ccccc2)C1. The van der Waals surface area contributed by atoms with Crippen LogP contribution < -0.4 is 10.6 Å². The molecule has 0 atom stereocenters. The first-order valence-corrected chi connectivity index (χ1v) is 4.67. The van der Waals surface area contributed by atoms with Gasteiger partial charge in [-0.3, -0.25) is 0 Å². The van der Waals surface area contributed by atoms with E-state index < -0.39 is 0 Å². The first-order chi connectivity index (χ1) is 6.81. The van der Waals surface area contributed by atoms with Gasteiger partial charge in [0, 0.05) is 30.9 Å². The van der Waals surface area contributed by atoms with Gasteiger partial charge in [-0.2, -0.15) is 0 Å². The van der Waals surface area contributed by atoms with Crippen molar-refractivity contribution in [2.45, 2.75) is 0 Å². The van der Waals surface area contributed by atoms with Gasteiger partial charge in [-0.15, -0.1) is 0 Å². The number of hydrogen-bond acceptors (Lipinski definition) is 2. The van der Waals surface area contributed by atoms with Crippen molar-refractivity contribution in [3.63, 3.8) is 0 Å². The highest BCUT2D eigenvalue weighted by Gasteiger charge is 2.23. The third-order valence-corrected chi connectivity index (χ3v) is 2.45. The fourth-order valence-corrected chi connectivity index (χ4v) is 1.55. The third kappa shape index (κ3) is 1.63. The Balaban J connectivity index is 2.02. The van der Waals surface area contributed by atoms with Crippen molar-refractivity contribution >= 4 is 5.69 Å². The van der Waals surface area contributed by atoms with Crippen molar-refractivity contribution in [3.05, 3.63) is 41.7 Å². The molecule has 0 spiro atoms. The Morgan fingerprint density at radius 2 is 1.93 bits per heavy atom. The van der Waals surface area contributed by atoms with Crippen LogP contribution in [0.1, 0.15) is 0 Å². The Kier molecular flexibility index (Phi) is 2.50. The number of halogens is 1. The van der Waals surface area contributed by atoms with Gasteiger partial charge in [-0.25, -0.2) is 4.39 Å². The van der Waals surface area contributed by atoms with Crippen LogP contribution >= 0.6 is 0 Å². The average molecular weight is 192 g/mol. The fourth-order valence-electron chi connectivity index (χ4n) is 1.55. The summed E-state index contributed by atoms with van der Waals surface area (Å²) in [5, 5.41) is 0. The van der Waals surface area contributed by atoms with Crippen molar-refractivity contribution in [2.75, 3.05) is 24.5 Å². The minimum Gasteiger partial charge on any atom is -0.363 e. The summed E-state index contributed by atoms with van der Waals surface area (Å²) in [4.78, 5) is 2.12. The van der Waals surface area contributed by atoms with E-state index >= 15 is 0 Å². The summed E-state index contributed by atoms with van der Waals surface area (Å²) in [6.07, 6.45) is 0. The molecule has 0 unspecified atom stereocenters. The van der Waals surface area contributed by atoms with Crippen molar-refractivity contribution in [3.8, 4) is 0 Å². The maximum Gasteiger partial charge on any atom is 0.116 e. The van der Waals surface area contributed by atoms with Gasteiger partial charge in [-0.05, 0) is 12.1 Å². The molecule has 2 N–H and O–H groups in total. The molecular formula is C11H13FN2. The monoisotopic (exact) mass is 192 g/mol. The van der Waals surface area contributed by atoms with Crippen LogP contribution in [0.3, 0.4) is 0 Å². The Morgan fingerprint density at radius 3 is 2.50 bits per heavy atom. The number of para-hydroxylation sites is 1. The van der Waals surface area contributed by atoms with Crippen LogP contribution in [0.4, 0.5) is 10.1 Å². The van der Waals surface area contributed by atoms with Crippen LogP contribution in [-0.4, -0.2) is 19.6 Å². The largest absolute Gasteiger partial charge is 0.363 e. The van der Waals surface area contributed by atoms with Gasteiger partial charge in [0.1, 0.15) is 5.83 Å². The first-order valence-electron chi connectivity index (χ1n) is 4.67. The number of nitrogens with zero attached hydrogens (tertiary/aromatic N) is 1. The van der Waals surface area contributed by atoms with Crippen LogP contribution in [-0.2, 0) is 0 Å². The standard InChI is InChI=1S/C11H13FN2/c12-11(6-13)9-7-14(8-9)10-4-2-1-3-5-10/h1-5H,6-8,13H2. The second-order valence-electron chi connectivity index (χ2n) is 3.40. The zero-order valence-electron chi connectivity index (χ0n) is 7.91. The molecule has 1 fully saturated rings. The Hall–Kier alpha value is -1.35. The highest BCUT2D eigenvalue weighted by molar-refractivity contribution is 5.53. The van der Waals surface area contributed by atoms with E-state index in [1.807, 2.05) is 30.3 Å². The lowest BCUT2D eigenvalue weighted by molar-refractivity contribution is 0.576. The third-order valence-electron chi connectivity index (χ3n) is 2.45. The van der Waals surface area contributed by atoms with E-state index in [9.17, 15) is 4.39 Å². The van der Waals surface area contributed by atoms with Crippen molar-refractivity contribution in [1.82, 2.24) is 0 Å². The lowest BCUT2D eigenvalue weighted by Crippen LogP contribution is -2.41. The molecule has 74 valence electrons. The van der Waals surface area contributed by atoms with Gasteiger partial charge in [0.05, 0.1) is 0 Å². The topological polar surface area (TPSA) is 29.3 Å². The fraction of sp³-hybridized carbons (Fsp3) is 0.273. The van der Waals surface area contributed by atoms with Gasteiger partial charge in [0.25, 0.3) is 0 Å². The number of nitrogens with two attached hydrogens (primary N) is 1. The molecule has 1 aliphatic heterocycles. The number of anilines is 1. The van der Waals surface area contributed by atoms with Crippen LogP contribution in [0.15, 0.2) is 41.7 Å². The summed E-state index contributed by atoms with van der Waals surface area (Å²) in [6, 6.07) is 9.99. The Bertz CT molecular complexity index is 338. The highest BCUT2D eigenvalue weighted by Crippen LogP contribution is 2.25. The van der Waals surface area contributed by atoms with Gasteiger partial charge >= 0.3 is 0 Å². The zero-order chi connectivity index (χ0) is 9.97. The number of benzene rings is 1. The number of hydrogen-bond donors (Lipinski definition) is 1. The quantitative estimate of drug-likeness (QED) is 0.772. The molecule has 1 aromatic rings. The zero-order valence-corrected chi connectivity index (χ0v) is 7.91. The van der Waals surface area contributed by atoms with Crippen LogP contribution in [0, 0.1) is 0 Å². The molecule has 1 aromatic carbocycles. The first kappa shape index (κ1) is 9.21. The van der Waals surface area contributed by atoms with Crippen molar-refractivity contribution in [1.29, 1.82) is 0 Å². The summed E-state index contributed by atoms with van der Waals surface area (Å²) in [5.41, 5.74) is 7.18. The van der Waals surface area contributed by atoms with Gasteiger partial charge < -0.3 is 10.6 Å². The predicted octanol–water partition coefficient (Wildman–Crippen LogP) is 1.69. The summed E-state index contributed by atoms with van der Waals surface area (Å²) in [7, 11) is 0. The summed E-state index contributed by atoms with van der Waals surface area (Å²) < 4.78 is 13.0. The molecule has 0 bridgehead atoms. The molecule has 1 saturated heterocycles. The molecule has 1 aliphatic rings. The van der Waals surface area contributed by atoms with Crippen LogP contribution in [0.5, 0.6) is 0 Å². The van der Waals surface area contributed by atoms with E-state index in [1.165, 1.54) is 0 Å². The molecule has 0 saturated carbocycles. The van der Waals surface area contributed by atoms with Gasteiger partial charge in [-0.1, -0.05) is 18.2 Å². The van der Waals surface area contributed by atoms with E-state index in [-0.39, 0.29) is 12.4 Å². The second kappa shape index (κ2) is 3.80. The van der Waals surface area contributed by atoms with E-state index in [0.717, 1.165) is 11.3 Å². The predicted molar refractivity (Wildman–Crippen MR) is 55.8 cm³/mol. The summed E-state index contributed by atoms with van der Waals surface area (Å²) in [5.74, 6) is -0.155. The molecule has 0 amide bonds. The molecule has 14 heavy (non-hydrogen) atoms. The van der Waals surface area contributed by atoms with Crippen molar-refractivity contribution < 1.29 is 4.39 Å².